The van der Waals surface area contributed by atoms with Gasteiger partial charge >= 0.3 is 6.03 Å². The SMILES string of the molecule is CC[C@]1(c2ccc(OC)cc2)NC(=O)N(CC(=O)Nc2cccc(C(=O)N(C)C)c2)C1=O. The van der Waals surface area contributed by atoms with Gasteiger partial charge in [-0.25, -0.2) is 4.79 Å². The van der Waals surface area contributed by atoms with Crippen LogP contribution in [-0.2, 0) is 15.1 Å². The minimum atomic E-state index is -1.25. The minimum Gasteiger partial charge on any atom is -0.497 e. The van der Waals surface area contributed by atoms with Crippen LogP contribution in [0.25, 0.3) is 0 Å². The molecule has 0 spiro atoms. The van der Waals surface area contributed by atoms with Crippen molar-refractivity contribution < 1.29 is 23.9 Å². The van der Waals surface area contributed by atoms with Gasteiger partial charge in [0.05, 0.1) is 7.11 Å². The highest BCUT2D eigenvalue weighted by Gasteiger charge is 2.51. The van der Waals surface area contributed by atoms with Gasteiger partial charge in [0.1, 0.15) is 17.8 Å². The maximum absolute atomic E-state index is 13.2. The number of nitrogens with zero attached hydrogens (tertiary/aromatic N) is 2. The Balaban J connectivity index is 1.75. The Morgan fingerprint density at radius 1 is 1.12 bits per heavy atom. The molecule has 1 heterocycles. The second-order valence-electron chi connectivity index (χ2n) is 7.64. The van der Waals surface area contributed by atoms with Gasteiger partial charge in [0.25, 0.3) is 11.8 Å². The minimum absolute atomic E-state index is 0.206. The van der Waals surface area contributed by atoms with Gasteiger partial charge < -0.3 is 20.3 Å². The van der Waals surface area contributed by atoms with E-state index in [2.05, 4.69) is 10.6 Å². The number of amides is 5. The number of nitrogens with one attached hydrogen (secondary N) is 2. The number of hydrogen-bond donors (Lipinski definition) is 2. The van der Waals surface area contributed by atoms with Gasteiger partial charge in [-0.15, -0.1) is 0 Å². The van der Waals surface area contributed by atoms with E-state index in [0.29, 0.717) is 29.0 Å². The number of anilines is 1. The van der Waals surface area contributed by atoms with Gasteiger partial charge in [0, 0.05) is 25.3 Å². The van der Waals surface area contributed by atoms with E-state index < -0.39 is 29.9 Å². The number of ether oxygens (including phenoxy) is 1. The molecule has 168 valence electrons. The Kier molecular flexibility index (Phi) is 6.47. The Morgan fingerprint density at radius 3 is 2.41 bits per heavy atom. The second-order valence-corrected chi connectivity index (χ2v) is 7.64. The zero-order valence-electron chi connectivity index (χ0n) is 18.5. The van der Waals surface area contributed by atoms with E-state index in [1.54, 1.807) is 76.7 Å². The first kappa shape index (κ1) is 22.8. The van der Waals surface area contributed by atoms with Gasteiger partial charge in [-0.05, 0) is 42.3 Å². The van der Waals surface area contributed by atoms with Gasteiger partial charge in [0.15, 0.2) is 0 Å². The predicted octanol–water partition coefficient (Wildman–Crippen LogP) is 2.19. The Labute approximate surface area is 186 Å². The van der Waals surface area contributed by atoms with Crippen molar-refractivity contribution in [1.29, 1.82) is 0 Å². The molecule has 9 heteroatoms. The zero-order chi connectivity index (χ0) is 23.5. The fourth-order valence-corrected chi connectivity index (χ4v) is 3.62. The lowest BCUT2D eigenvalue weighted by Crippen LogP contribution is -2.44. The third-order valence-corrected chi connectivity index (χ3v) is 5.39. The van der Waals surface area contributed by atoms with Crippen LogP contribution in [0.1, 0.15) is 29.3 Å². The largest absolute Gasteiger partial charge is 0.497 e. The van der Waals surface area contributed by atoms with E-state index in [1.807, 2.05) is 0 Å². The van der Waals surface area contributed by atoms with Crippen molar-refractivity contribution >= 4 is 29.4 Å². The molecular weight excluding hydrogens is 412 g/mol. The summed E-state index contributed by atoms with van der Waals surface area (Å²) in [6, 6.07) is 12.7. The quantitative estimate of drug-likeness (QED) is 0.645. The number of methoxy groups -OCH3 is 1. The summed E-state index contributed by atoms with van der Waals surface area (Å²) in [4.78, 5) is 52.9. The summed E-state index contributed by atoms with van der Waals surface area (Å²) in [5.74, 6) is -0.628. The molecule has 0 bridgehead atoms. The molecule has 0 radical (unpaired) electrons. The third kappa shape index (κ3) is 4.27. The number of benzene rings is 2. The summed E-state index contributed by atoms with van der Waals surface area (Å²) in [5.41, 5.74) is 0.165. The molecule has 1 aliphatic rings. The highest BCUT2D eigenvalue weighted by Crippen LogP contribution is 2.33. The summed E-state index contributed by atoms with van der Waals surface area (Å²) >= 11 is 0. The lowest BCUT2D eigenvalue weighted by Gasteiger charge is -2.26. The number of urea groups is 1. The van der Waals surface area contributed by atoms with Crippen LogP contribution < -0.4 is 15.4 Å². The summed E-state index contributed by atoms with van der Waals surface area (Å²) in [5, 5.41) is 5.39. The maximum Gasteiger partial charge on any atom is 0.325 e. The van der Waals surface area contributed by atoms with Gasteiger partial charge in [-0.3, -0.25) is 19.3 Å². The normalized spacial score (nSPS) is 17.7. The molecule has 0 saturated carbocycles. The van der Waals surface area contributed by atoms with Crippen LogP contribution in [0, 0.1) is 0 Å². The number of hydrogen-bond acceptors (Lipinski definition) is 5. The molecule has 0 unspecified atom stereocenters. The van der Waals surface area contributed by atoms with Crippen molar-refractivity contribution in [2.24, 2.45) is 0 Å². The molecule has 3 rings (SSSR count). The van der Waals surface area contributed by atoms with E-state index in [1.165, 1.54) is 4.90 Å². The van der Waals surface area contributed by atoms with Crippen molar-refractivity contribution in [3.8, 4) is 5.75 Å². The molecule has 0 aliphatic carbocycles. The van der Waals surface area contributed by atoms with Crippen LogP contribution in [0.15, 0.2) is 48.5 Å². The molecule has 2 N–H and O–H groups in total. The summed E-state index contributed by atoms with van der Waals surface area (Å²) in [6.45, 7) is 1.34. The zero-order valence-corrected chi connectivity index (χ0v) is 18.5. The molecular formula is C23H26N4O5. The van der Waals surface area contributed by atoms with Crippen molar-refractivity contribution in [2.75, 3.05) is 33.1 Å². The molecule has 0 aromatic heterocycles. The molecule has 1 atom stereocenters. The van der Waals surface area contributed by atoms with E-state index in [0.717, 1.165) is 4.90 Å². The first-order chi connectivity index (χ1) is 15.2. The first-order valence-corrected chi connectivity index (χ1v) is 10.1. The average molecular weight is 438 g/mol. The fourth-order valence-electron chi connectivity index (χ4n) is 3.62. The fraction of sp³-hybridized carbons (Fsp3) is 0.304. The van der Waals surface area contributed by atoms with Crippen LogP contribution in [0.4, 0.5) is 10.5 Å². The van der Waals surface area contributed by atoms with Crippen LogP contribution in [0.3, 0.4) is 0 Å². The summed E-state index contributed by atoms with van der Waals surface area (Å²) in [6.07, 6.45) is 0.316. The van der Waals surface area contributed by atoms with Crippen molar-refractivity contribution in [2.45, 2.75) is 18.9 Å². The molecule has 2 aromatic rings. The number of rotatable bonds is 7. The maximum atomic E-state index is 13.2. The lowest BCUT2D eigenvalue weighted by atomic mass is 9.87. The molecule has 1 fully saturated rings. The van der Waals surface area contributed by atoms with E-state index in [4.69, 9.17) is 4.74 Å². The Bertz CT molecular complexity index is 1050. The predicted molar refractivity (Wildman–Crippen MR) is 118 cm³/mol. The molecule has 2 aromatic carbocycles. The third-order valence-electron chi connectivity index (χ3n) is 5.39. The van der Waals surface area contributed by atoms with Crippen LogP contribution in [0.5, 0.6) is 5.75 Å². The standard InChI is InChI=1S/C23H26N4O5/c1-5-23(16-9-11-18(32-4)12-10-16)21(30)27(22(31)25-23)14-19(28)24-17-8-6-7-15(13-17)20(29)26(2)3/h6-13H,5,14H2,1-4H3,(H,24,28)(H,25,31)/t23-/m1/s1. The van der Waals surface area contributed by atoms with E-state index in [9.17, 15) is 19.2 Å². The highest BCUT2D eigenvalue weighted by atomic mass is 16.5. The Hall–Kier alpha value is -3.88. The van der Waals surface area contributed by atoms with Crippen molar-refractivity contribution in [1.82, 2.24) is 15.1 Å². The van der Waals surface area contributed by atoms with Crippen LogP contribution in [-0.4, -0.2) is 61.3 Å². The number of carbonyl (C=O) groups excluding carboxylic acids is 4. The molecule has 9 nitrogen and oxygen atoms in total. The molecule has 5 amide bonds. The molecule has 1 aliphatic heterocycles. The van der Waals surface area contributed by atoms with Crippen molar-refractivity contribution in [3.05, 3.63) is 59.7 Å². The summed E-state index contributed by atoms with van der Waals surface area (Å²) in [7, 11) is 4.81. The first-order valence-electron chi connectivity index (χ1n) is 10.1. The van der Waals surface area contributed by atoms with Gasteiger partial charge in [0.2, 0.25) is 5.91 Å². The Morgan fingerprint density at radius 2 is 1.81 bits per heavy atom. The monoisotopic (exact) mass is 438 g/mol. The molecule has 32 heavy (non-hydrogen) atoms. The topological polar surface area (TPSA) is 108 Å². The summed E-state index contributed by atoms with van der Waals surface area (Å²) < 4.78 is 5.15. The second kappa shape index (κ2) is 9.09. The number of carbonyl (C=O) groups is 4. The van der Waals surface area contributed by atoms with Crippen LogP contribution in [0.2, 0.25) is 0 Å². The smallest absolute Gasteiger partial charge is 0.325 e. The van der Waals surface area contributed by atoms with Crippen LogP contribution >= 0.6 is 0 Å². The van der Waals surface area contributed by atoms with Gasteiger partial charge in [-0.2, -0.15) is 0 Å². The van der Waals surface area contributed by atoms with Gasteiger partial charge in [-0.1, -0.05) is 25.1 Å². The average Bonchev–Trinajstić information content (AvgIpc) is 3.03. The molecule has 1 saturated heterocycles. The van der Waals surface area contributed by atoms with E-state index >= 15 is 0 Å². The van der Waals surface area contributed by atoms with Crippen molar-refractivity contribution in [3.63, 3.8) is 0 Å². The number of imide groups is 1. The van der Waals surface area contributed by atoms with E-state index in [-0.39, 0.29) is 5.91 Å². The lowest BCUT2D eigenvalue weighted by molar-refractivity contribution is -0.134. The highest BCUT2D eigenvalue weighted by molar-refractivity contribution is 6.10.